The first-order chi connectivity index (χ1) is 28.5. The number of ketones is 1. The van der Waals surface area contributed by atoms with Crippen LogP contribution in [0, 0.1) is 22.7 Å². The molecule has 0 aliphatic heterocycles. The predicted molar refractivity (Wildman–Crippen MR) is 232 cm³/mol. The van der Waals surface area contributed by atoms with E-state index in [0.29, 0.717) is 11.7 Å². The molecule has 58 heavy (non-hydrogen) atoms. The number of carbonyl (C=O) groups excluding carboxylic acids is 1. The molecule has 8 bridgehead atoms. The van der Waals surface area contributed by atoms with Gasteiger partial charge < -0.3 is 4.40 Å². The summed E-state index contributed by atoms with van der Waals surface area (Å²) in [6, 6.07) is 39.8. The van der Waals surface area contributed by atoms with Gasteiger partial charge in [0.05, 0.1) is 28.2 Å². The monoisotopic (exact) mass is 748 g/mol. The first-order valence-electron chi connectivity index (χ1n) is 22.0. The minimum absolute atomic E-state index is 0.00505. The SMILES string of the molecule is CC12CCC3(CCCCC3C1)C(=O)c1cc3c(cc12)c1c2cc(c4c5c6c(c(C#N)cc5n3c14)C1c3ccccc3C6c3ccccc31)CCc1cccc(c1)CC2. The molecule has 3 nitrogen and oxygen atoms in total. The van der Waals surface area contributed by atoms with Gasteiger partial charge in [0.15, 0.2) is 5.78 Å². The molecule has 3 atom stereocenters. The van der Waals surface area contributed by atoms with Crippen LogP contribution < -0.4 is 0 Å². The second kappa shape index (κ2) is 10.9. The Morgan fingerprint density at radius 1 is 0.672 bits per heavy atom. The molecule has 0 N–H and O–H groups in total. The van der Waals surface area contributed by atoms with Gasteiger partial charge in [-0.2, -0.15) is 5.26 Å². The molecule has 2 saturated carbocycles. The Morgan fingerprint density at radius 3 is 2.07 bits per heavy atom. The minimum Gasteiger partial charge on any atom is -0.308 e. The highest BCUT2D eigenvalue weighted by molar-refractivity contribution is 6.27. The Morgan fingerprint density at radius 2 is 1.36 bits per heavy atom. The fourth-order valence-electron chi connectivity index (χ4n) is 14.4. The number of rotatable bonds is 0. The van der Waals surface area contributed by atoms with Crippen molar-refractivity contribution in [1.82, 2.24) is 4.40 Å². The van der Waals surface area contributed by atoms with Crippen LogP contribution >= 0.6 is 0 Å². The number of nitriles is 1. The predicted octanol–water partition coefficient (Wildman–Crippen LogP) is 12.4. The smallest absolute Gasteiger partial charge is 0.169 e. The molecule has 0 radical (unpaired) electrons. The van der Waals surface area contributed by atoms with Crippen molar-refractivity contribution in [2.45, 2.75) is 94.8 Å². The van der Waals surface area contributed by atoms with E-state index in [2.05, 4.69) is 114 Å². The van der Waals surface area contributed by atoms with Crippen molar-refractivity contribution < 1.29 is 4.79 Å². The molecule has 8 aliphatic rings. The number of carbonyl (C=O) groups is 1. The van der Waals surface area contributed by atoms with Crippen molar-refractivity contribution in [1.29, 1.82) is 5.26 Å². The second-order valence-corrected chi connectivity index (χ2v) is 19.4. The molecule has 16 rings (SSSR count). The molecule has 2 heterocycles. The number of Topliss-reactive ketones (excluding diaryl/α,β-unsaturated/α-hetero) is 1. The van der Waals surface area contributed by atoms with Crippen LogP contribution in [0.1, 0.15) is 141 Å². The fraction of sp³-hybridized carbons (Fsp3) is 0.309. The Kier molecular flexibility index (Phi) is 6.04. The van der Waals surface area contributed by atoms with Crippen molar-refractivity contribution >= 4 is 43.9 Å². The molecule has 0 amide bonds. The fourth-order valence-corrected chi connectivity index (χ4v) is 14.4. The van der Waals surface area contributed by atoms with E-state index >= 15 is 4.79 Å². The van der Waals surface area contributed by atoms with Crippen LogP contribution in [0.2, 0.25) is 0 Å². The van der Waals surface area contributed by atoms with Crippen LogP contribution in [0.25, 0.3) is 38.1 Å². The van der Waals surface area contributed by atoms with Crippen molar-refractivity contribution in [3.05, 3.63) is 169 Å². The number of hydrogen-bond acceptors (Lipinski definition) is 2. The number of fused-ring (bicyclic) bond motifs is 13. The van der Waals surface area contributed by atoms with Gasteiger partial charge in [-0.3, -0.25) is 4.79 Å². The van der Waals surface area contributed by atoms with Crippen LogP contribution in [0.5, 0.6) is 0 Å². The lowest BCUT2D eigenvalue weighted by atomic mass is 9.54. The average Bonchev–Trinajstić information content (AvgIpc) is 3.74. The van der Waals surface area contributed by atoms with Crippen molar-refractivity contribution in [2.24, 2.45) is 11.3 Å². The van der Waals surface area contributed by atoms with Gasteiger partial charge in [-0.05, 0) is 149 Å². The molecule has 280 valence electrons. The van der Waals surface area contributed by atoms with E-state index in [9.17, 15) is 5.26 Å². The molecule has 1 spiro atoms. The first kappa shape index (κ1) is 32.3. The molecule has 2 aromatic heterocycles. The van der Waals surface area contributed by atoms with E-state index < -0.39 is 0 Å². The van der Waals surface area contributed by atoms with Crippen molar-refractivity contribution in [3.8, 4) is 6.07 Å². The lowest BCUT2D eigenvalue weighted by Gasteiger charge is -2.49. The molecular weight excluding hydrogens is 705 g/mol. The molecule has 2 fully saturated rings. The van der Waals surface area contributed by atoms with Crippen LogP contribution in [-0.2, 0) is 31.1 Å². The third-order valence-electron chi connectivity index (χ3n) is 16.9. The number of aromatic nitrogens is 1. The van der Waals surface area contributed by atoms with Crippen LogP contribution in [0.3, 0.4) is 0 Å². The number of nitrogens with zero attached hydrogens (tertiary/aromatic N) is 2. The van der Waals surface area contributed by atoms with Crippen molar-refractivity contribution in [2.75, 3.05) is 0 Å². The van der Waals surface area contributed by atoms with Gasteiger partial charge in [0, 0.05) is 44.4 Å². The summed E-state index contributed by atoms with van der Waals surface area (Å²) in [5.74, 6) is 0.958. The van der Waals surface area contributed by atoms with Gasteiger partial charge in [0.1, 0.15) is 0 Å². The van der Waals surface area contributed by atoms with Gasteiger partial charge in [-0.25, -0.2) is 0 Å². The number of aryl methyl sites for hydroxylation is 4. The molecule has 3 unspecified atom stereocenters. The highest BCUT2D eigenvalue weighted by atomic mass is 16.1. The van der Waals surface area contributed by atoms with Gasteiger partial charge in [-0.15, -0.1) is 0 Å². The first-order valence-corrected chi connectivity index (χ1v) is 22.0. The molecule has 6 aromatic carbocycles. The summed E-state index contributed by atoms with van der Waals surface area (Å²) in [6.45, 7) is 2.48. The summed E-state index contributed by atoms with van der Waals surface area (Å²) >= 11 is 0. The van der Waals surface area contributed by atoms with E-state index in [1.54, 1.807) is 0 Å². The summed E-state index contributed by atoms with van der Waals surface area (Å²) in [7, 11) is 0. The van der Waals surface area contributed by atoms with Crippen LogP contribution in [0.15, 0.2) is 97.1 Å². The standard InChI is InChI=1S/C55H44N2O/c1-54-21-22-55(20-7-6-11-35(55)28-54)53(58)40-27-43-41(26-42(40)54)45-32-18-16-30-9-8-10-31(23-30)17-19-33(24-32)47-50-44(57(43)52(45)47)25-34(29-56)46-48-36-12-2-4-14-38(36)49(51(46)50)39-15-5-3-13-37(39)48/h2-5,8-10,12-15,23-27,35,48-49H,6-7,11,16-22,28H2,1H3. The van der Waals surface area contributed by atoms with Gasteiger partial charge in [0.25, 0.3) is 0 Å². The van der Waals surface area contributed by atoms with Crippen LogP contribution in [0.4, 0.5) is 0 Å². The third-order valence-corrected chi connectivity index (χ3v) is 16.9. The van der Waals surface area contributed by atoms with E-state index in [-0.39, 0.29) is 22.7 Å². The van der Waals surface area contributed by atoms with Gasteiger partial charge in [0.2, 0.25) is 0 Å². The van der Waals surface area contributed by atoms with E-state index in [1.807, 2.05) is 0 Å². The maximum absolute atomic E-state index is 15.3. The summed E-state index contributed by atoms with van der Waals surface area (Å²) in [5, 5.41) is 16.6. The maximum atomic E-state index is 15.3. The Bertz CT molecular complexity index is 3200. The summed E-state index contributed by atoms with van der Waals surface area (Å²) in [4.78, 5) is 15.3. The van der Waals surface area contributed by atoms with Crippen LogP contribution in [-0.4, -0.2) is 10.2 Å². The largest absolute Gasteiger partial charge is 0.308 e. The molecule has 3 heteroatoms. The quantitative estimate of drug-likeness (QED) is 0.155. The third kappa shape index (κ3) is 3.76. The van der Waals surface area contributed by atoms with Gasteiger partial charge >= 0.3 is 0 Å². The summed E-state index contributed by atoms with van der Waals surface area (Å²) in [6.07, 6.45) is 11.8. The molecule has 8 aliphatic carbocycles. The lowest BCUT2D eigenvalue weighted by Crippen LogP contribution is -2.45. The Labute approximate surface area is 338 Å². The van der Waals surface area contributed by atoms with E-state index in [0.717, 1.165) is 73.5 Å². The van der Waals surface area contributed by atoms with E-state index in [1.165, 1.54) is 108 Å². The average molecular weight is 749 g/mol. The number of benzene rings is 6. The highest BCUT2D eigenvalue weighted by Gasteiger charge is 2.57. The second-order valence-electron chi connectivity index (χ2n) is 19.4. The molecule has 8 aromatic rings. The maximum Gasteiger partial charge on any atom is 0.169 e. The summed E-state index contributed by atoms with van der Waals surface area (Å²) < 4.78 is 2.55. The zero-order chi connectivity index (χ0) is 38.2. The summed E-state index contributed by atoms with van der Waals surface area (Å²) in [5.41, 5.74) is 20.0. The molecular formula is C55H44N2O. The minimum atomic E-state index is -0.217. The molecule has 0 saturated heterocycles. The van der Waals surface area contributed by atoms with E-state index in [4.69, 9.17) is 0 Å². The zero-order valence-electron chi connectivity index (χ0n) is 33.1. The zero-order valence-corrected chi connectivity index (χ0v) is 33.1. The highest BCUT2D eigenvalue weighted by Crippen LogP contribution is 2.63. The number of hydrogen-bond donors (Lipinski definition) is 0. The Hall–Kier alpha value is -5.72. The lowest BCUT2D eigenvalue weighted by molar-refractivity contribution is 0.0227. The van der Waals surface area contributed by atoms with Crippen molar-refractivity contribution in [3.63, 3.8) is 0 Å². The Balaban J connectivity index is 1.16. The normalized spacial score (nSPS) is 26.3. The topological polar surface area (TPSA) is 45.3 Å². The van der Waals surface area contributed by atoms with Gasteiger partial charge in [-0.1, -0.05) is 98.6 Å².